The third-order valence-corrected chi connectivity index (χ3v) is 10.0. The smallest absolute Gasteiger partial charge is 0.462 e. The van der Waals surface area contributed by atoms with Gasteiger partial charge in [-0.05, 0) is 70.6 Å². The number of phosphoric acid groups is 1. The number of rotatable bonds is 38. The first-order chi connectivity index (χ1) is 25.7. The molecule has 0 aliphatic carbocycles. The molecule has 53 heavy (non-hydrogen) atoms. The zero-order valence-corrected chi connectivity index (χ0v) is 34.5. The Morgan fingerprint density at radius 1 is 0.604 bits per heavy atom. The summed E-state index contributed by atoms with van der Waals surface area (Å²) in [5, 5.41) is 0. The highest BCUT2D eigenvalue weighted by atomic mass is 31.2. The van der Waals surface area contributed by atoms with Gasteiger partial charge in [-0.15, -0.1) is 0 Å². The molecule has 1 rings (SSSR count). The number of carbonyl (C=O) groups excluding carboxylic acids is 2. The molecule has 2 unspecified atom stereocenters. The third kappa shape index (κ3) is 34.5. The molecule has 2 N–H and O–H groups in total. The van der Waals surface area contributed by atoms with Gasteiger partial charge in [-0.3, -0.25) is 14.1 Å². The largest absolute Gasteiger partial charge is 0.469 e. The second-order valence-electron chi connectivity index (χ2n) is 14.7. The predicted octanol–water partition coefficient (Wildman–Crippen LogP) is 11.9. The quantitative estimate of drug-likeness (QED) is 0.0207. The van der Waals surface area contributed by atoms with Gasteiger partial charge in [-0.25, -0.2) is 4.57 Å². The van der Waals surface area contributed by atoms with E-state index in [0.717, 1.165) is 77.0 Å². The van der Waals surface area contributed by atoms with Crippen LogP contribution in [0.2, 0.25) is 0 Å². The average molecular weight is 769 g/mol. The van der Waals surface area contributed by atoms with Gasteiger partial charge in [0.05, 0.1) is 18.8 Å². The van der Waals surface area contributed by atoms with E-state index < -0.39 is 32.5 Å². The molecule has 1 heterocycles. The van der Waals surface area contributed by atoms with Crippen molar-refractivity contribution in [2.45, 2.75) is 212 Å². The van der Waals surface area contributed by atoms with Gasteiger partial charge in [0.1, 0.15) is 6.61 Å². The minimum absolute atomic E-state index is 0.188. The highest BCUT2D eigenvalue weighted by Gasteiger charge is 2.36. The van der Waals surface area contributed by atoms with Crippen molar-refractivity contribution in [1.29, 1.82) is 0 Å². The molecule has 0 radical (unpaired) electrons. The number of hydrogen-bond donors (Lipinski definition) is 2. The summed E-state index contributed by atoms with van der Waals surface area (Å²) in [4.78, 5) is 42.9. The first kappa shape index (κ1) is 49.2. The van der Waals surface area contributed by atoms with Gasteiger partial charge in [0.2, 0.25) is 0 Å². The Bertz CT molecular complexity index is 1020. The SMILES string of the molecule is CCCCC/C=C\C/C=C\CCCCCCCCCCCC(=O)OC[C@H](COP(=O)(O)O)OC(=O)CCCCCCCC1OC1C/C=C\CCCCC. The Morgan fingerprint density at radius 3 is 1.66 bits per heavy atom. The summed E-state index contributed by atoms with van der Waals surface area (Å²) < 4.78 is 32.2. The molecule has 0 aromatic carbocycles. The minimum atomic E-state index is -4.76. The second-order valence-corrected chi connectivity index (χ2v) is 15.9. The van der Waals surface area contributed by atoms with Crippen molar-refractivity contribution in [2.24, 2.45) is 0 Å². The number of hydrogen-bond acceptors (Lipinski definition) is 7. The van der Waals surface area contributed by atoms with Crippen LogP contribution in [0, 0.1) is 0 Å². The number of carbonyl (C=O) groups is 2. The molecule has 0 amide bonds. The lowest BCUT2D eigenvalue weighted by molar-refractivity contribution is -0.161. The van der Waals surface area contributed by atoms with Crippen LogP contribution in [0.5, 0.6) is 0 Å². The highest BCUT2D eigenvalue weighted by molar-refractivity contribution is 7.46. The molecular formula is C43H77O9P. The summed E-state index contributed by atoms with van der Waals surface area (Å²) >= 11 is 0. The summed E-state index contributed by atoms with van der Waals surface area (Å²) in [7, 11) is -4.76. The number of unbranched alkanes of at least 4 members (excludes halogenated alkanes) is 19. The van der Waals surface area contributed by atoms with Gasteiger partial charge in [0.15, 0.2) is 6.10 Å². The molecule has 1 saturated heterocycles. The van der Waals surface area contributed by atoms with Gasteiger partial charge < -0.3 is 24.0 Å². The van der Waals surface area contributed by atoms with Crippen LogP contribution < -0.4 is 0 Å². The van der Waals surface area contributed by atoms with Crippen LogP contribution in [0.4, 0.5) is 0 Å². The van der Waals surface area contributed by atoms with Crippen LogP contribution in [0.3, 0.4) is 0 Å². The summed E-state index contributed by atoms with van der Waals surface area (Å²) in [5.41, 5.74) is 0. The fourth-order valence-corrected chi connectivity index (χ4v) is 6.59. The van der Waals surface area contributed by atoms with E-state index in [1.54, 1.807) is 0 Å². The third-order valence-electron chi connectivity index (χ3n) is 9.56. The van der Waals surface area contributed by atoms with Crippen LogP contribution in [-0.4, -0.2) is 53.3 Å². The van der Waals surface area contributed by atoms with Crippen molar-refractivity contribution in [1.82, 2.24) is 0 Å². The molecule has 10 heteroatoms. The summed E-state index contributed by atoms with van der Waals surface area (Å²) in [5.74, 6) is -0.910. The van der Waals surface area contributed by atoms with E-state index in [9.17, 15) is 14.2 Å². The Hall–Kier alpha value is -1.77. The van der Waals surface area contributed by atoms with Crippen LogP contribution in [0.1, 0.15) is 194 Å². The zero-order valence-electron chi connectivity index (χ0n) is 33.6. The molecular weight excluding hydrogens is 691 g/mol. The Morgan fingerprint density at radius 2 is 1.09 bits per heavy atom. The van der Waals surface area contributed by atoms with Gasteiger partial charge in [0.25, 0.3) is 0 Å². The van der Waals surface area contributed by atoms with Crippen LogP contribution in [0.25, 0.3) is 0 Å². The van der Waals surface area contributed by atoms with E-state index in [4.69, 9.17) is 24.0 Å². The maximum atomic E-state index is 12.4. The molecule has 0 aromatic heterocycles. The summed E-state index contributed by atoms with van der Waals surface area (Å²) in [6.45, 7) is 3.61. The summed E-state index contributed by atoms with van der Waals surface area (Å²) in [6.07, 6.45) is 43.1. The zero-order chi connectivity index (χ0) is 38.7. The van der Waals surface area contributed by atoms with Crippen molar-refractivity contribution in [3.8, 4) is 0 Å². The van der Waals surface area contributed by atoms with Crippen LogP contribution >= 0.6 is 7.82 Å². The van der Waals surface area contributed by atoms with E-state index in [1.165, 1.54) is 77.0 Å². The monoisotopic (exact) mass is 769 g/mol. The predicted molar refractivity (Wildman–Crippen MR) is 216 cm³/mol. The highest BCUT2D eigenvalue weighted by Crippen LogP contribution is 2.36. The van der Waals surface area contributed by atoms with Gasteiger partial charge in [-0.1, -0.05) is 147 Å². The number of esters is 2. The first-order valence-electron chi connectivity index (χ1n) is 21.4. The normalized spacial score (nSPS) is 16.6. The van der Waals surface area contributed by atoms with Crippen molar-refractivity contribution in [3.63, 3.8) is 0 Å². The first-order valence-corrected chi connectivity index (χ1v) is 22.9. The Labute approximate surface area is 323 Å². The van der Waals surface area contributed by atoms with Gasteiger partial charge in [-0.2, -0.15) is 0 Å². The maximum absolute atomic E-state index is 12.4. The lowest BCUT2D eigenvalue weighted by Gasteiger charge is -2.18. The van der Waals surface area contributed by atoms with E-state index in [-0.39, 0.29) is 19.4 Å². The van der Waals surface area contributed by atoms with Crippen molar-refractivity contribution in [3.05, 3.63) is 36.5 Å². The van der Waals surface area contributed by atoms with Crippen LogP contribution in [-0.2, 0) is 32.9 Å². The van der Waals surface area contributed by atoms with Crippen molar-refractivity contribution in [2.75, 3.05) is 13.2 Å². The van der Waals surface area contributed by atoms with E-state index >= 15 is 0 Å². The maximum Gasteiger partial charge on any atom is 0.469 e. The van der Waals surface area contributed by atoms with Crippen molar-refractivity contribution < 1.29 is 42.7 Å². The van der Waals surface area contributed by atoms with E-state index in [0.29, 0.717) is 25.0 Å². The average Bonchev–Trinajstić information content (AvgIpc) is 3.88. The lowest BCUT2D eigenvalue weighted by atomic mass is 10.1. The summed E-state index contributed by atoms with van der Waals surface area (Å²) in [6, 6.07) is 0. The number of phosphoric ester groups is 1. The topological polar surface area (TPSA) is 132 Å². The standard InChI is InChI=1S/C43H77O9P/c1-3-5-7-9-11-12-13-14-15-16-17-18-19-20-21-22-23-27-31-35-42(44)49-37-39(38-50-53(46,47)48)51-43(45)36-32-28-24-26-30-34-41-40(52-41)33-29-25-10-8-6-4-2/h11-12,14-15,25,29,39-41H,3-10,13,16-24,26-28,30-38H2,1-2H3,(H2,46,47,48)/b12-11-,15-14-,29-25-/t39-,40?,41?/m1/s1. The molecule has 0 aromatic rings. The fourth-order valence-electron chi connectivity index (χ4n) is 6.23. The van der Waals surface area contributed by atoms with Gasteiger partial charge in [0, 0.05) is 12.8 Å². The van der Waals surface area contributed by atoms with Crippen molar-refractivity contribution >= 4 is 19.8 Å². The van der Waals surface area contributed by atoms with E-state index in [1.807, 2.05) is 0 Å². The van der Waals surface area contributed by atoms with E-state index in [2.05, 4.69) is 54.8 Å². The molecule has 0 saturated carbocycles. The number of allylic oxidation sites excluding steroid dienone is 5. The number of epoxide rings is 1. The molecule has 0 bridgehead atoms. The molecule has 1 aliphatic rings. The van der Waals surface area contributed by atoms with Crippen LogP contribution in [0.15, 0.2) is 36.5 Å². The fraction of sp³-hybridized carbons (Fsp3) is 0.814. The Balaban J connectivity index is 2.05. The molecule has 0 spiro atoms. The van der Waals surface area contributed by atoms with Gasteiger partial charge >= 0.3 is 19.8 Å². The minimum Gasteiger partial charge on any atom is -0.462 e. The lowest BCUT2D eigenvalue weighted by Crippen LogP contribution is -2.29. The Kier molecular flexibility index (Phi) is 32.2. The molecule has 3 atom stereocenters. The second kappa shape index (κ2) is 34.7. The molecule has 308 valence electrons. The molecule has 1 aliphatic heterocycles. The molecule has 1 fully saturated rings. The number of ether oxygens (including phenoxy) is 3. The molecule has 9 nitrogen and oxygen atoms in total.